The molecule has 0 radical (unpaired) electrons. The first-order chi connectivity index (χ1) is 6.27. The van der Waals surface area contributed by atoms with Crippen LogP contribution in [0, 0.1) is 0 Å². The SMILES string of the molecule is OCC1(c2ccc(Br)cc2)CCO1. The molecule has 1 aliphatic rings. The molecule has 1 heterocycles. The first-order valence-corrected chi connectivity index (χ1v) is 5.07. The van der Waals surface area contributed by atoms with E-state index in [1.165, 1.54) is 0 Å². The lowest BCUT2D eigenvalue weighted by Gasteiger charge is -2.40. The van der Waals surface area contributed by atoms with Gasteiger partial charge in [-0.15, -0.1) is 0 Å². The minimum absolute atomic E-state index is 0.0641. The third-order valence-corrected chi connectivity index (χ3v) is 3.04. The summed E-state index contributed by atoms with van der Waals surface area (Å²) in [5.41, 5.74) is 0.644. The van der Waals surface area contributed by atoms with Crippen molar-refractivity contribution in [2.45, 2.75) is 12.0 Å². The highest BCUT2D eigenvalue weighted by Crippen LogP contribution is 2.37. The summed E-state index contributed by atoms with van der Waals surface area (Å²) in [6.45, 7) is 0.811. The molecule has 1 aromatic rings. The van der Waals surface area contributed by atoms with Crippen molar-refractivity contribution in [3.63, 3.8) is 0 Å². The van der Waals surface area contributed by atoms with E-state index in [9.17, 15) is 5.11 Å². The lowest BCUT2D eigenvalue weighted by molar-refractivity contribution is -0.177. The maximum Gasteiger partial charge on any atom is 0.118 e. The van der Waals surface area contributed by atoms with Gasteiger partial charge in [0, 0.05) is 10.9 Å². The second-order valence-electron chi connectivity index (χ2n) is 3.26. The molecule has 0 saturated carbocycles. The van der Waals surface area contributed by atoms with Crippen LogP contribution < -0.4 is 0 Å². The summed E-state index contributed by atoms with van der Waals surface area (Å²) in [7, 11) is 0. The summed E-state index contributed by atoms with van der Waals surface area (Å²) in [5, 5.41) is 9.22. The van der Waals surface area contributed by atoms with Crippen LogP contribution in [0.4, 0.5) is 0 Å². The summed E-state index contributed by atoms with van der Waals surface area (Å²) < 4.78 is 6.47. The number of rotatable bonds is 2. The normalized spacial score (nSPS) is 26.9. The fraction of sp³-hybridized carbons (Fsp3) is 0.400. The molecular weight excluding hydrogens is 232 g/mol. The van der Waals surface area contributed by atoms with Crippen molar-refractivity contribution >= 4 is 15.9 Å². The van der Waals surface area contributed by atoms with Crippen LogP contribution in [0.2, 0.25) is 0 Å². The van der Waals surface area contributed by atoms with E-state index in [0.29, 0.717) is 0 Å². The molecule has 1 aromatic carbocycles. The van der Waals surface area contributed by atoms with Crippen LogP contribution >= 0.6 is 15.9 Å². The molecule has 1 fully saturated rings. The molecule has 0 amide bonds. The molecule has 13 heavy (non-hydrogen) atoms. The van der Waals surface area contributed by atoms with E-state index in [-0.39, 0.29) is 6.61 Å². The first-order valence-electron chi connectivity index (χ1n) is 4.28. The number of halogens is 1. The maximum absolute atomic E-state index is 9.22. The third-order valence-electron chi connectivity index (χ3n) is 2.51. The van der Waals surface area contributed by atoms with Gasteiger partial charge in [-0.05, 0) is 17.7 Å². The summed E-state index contributed by atoms with van der Waals surface area (Å²) in [6.07, 6.45) is 0.908. The van der Waals surface area contributed by atoms with E-state index < -0.39 is 5.60 Å². The van der Waals surface area contributed by atoms with Crippen LogP contribution in [-0.4, -0.2) is 18.3 Å². The second kappa shape index (κ2) is 3.40. The van der Waals surface area contributed by atoms with Gasteiger partial charge >= 0.3 is 0 Å². The average Bonchev–Trinajstić information content (AvgIpc) is 2.07. The van der Waals surface area contributed by atoms with Crippen LogP contribution in [0.1, 0.15) is 12.0 Å². The van der Waals surface area contributed by atoms with Crippen LogP contribution in [0.15, 0.2) is 28.7 Å². The molecule has 0 aromatic heterocycles. The summed E-state index contributed by atoms with van der Waals surface area (Å²) >= 11 is 3.37. The number of aliphatic hydroxyl groups excluding tert-OH is 1. The molecule has 1 aliphatic heterocycles. The molecule has 2 nitrogen and oxygen atoms in total. The molecule has 2 rings (SSSR count). The van der Waals surface area contributed by atoms with Crippen LogP contribution in [0.25, 0.3) is 0 Å². The van der Waals surface area contributed by atoms with Crippen molar-refractivity contribution in [2.24, 2.45) is 0 Å². The molecule has 1 atom stereocenters. The van der Waals surface area contributed by atoms with Gasteiger partial charge in [-0.25, -0.2) is 0 Å². The molecule has 0 spiro atoms. The van der Waals surface area contributed by atoms with Gasteiger partial charge in [0.05, 0.1) is 13.2 Å². The molecular formula is C10H11BrO2. The number of ether oxygens (including phenoxy) is 1. The Morgan fingerprint density at radius 1 is 1.38 bits per heavy atom. The molecule has 1 N–H and O–H groups in total. The van der Waals surface area contributed by atoms with Crippen molar-refractivity contribution in [1.29, 1.82) is 0 Å². The standard InChI is InChI=1S/C10H11BrO2/c11-9-3-1-8(2-4-9)10(7-12)5-6-13-10/h1-4,12H,5-7H2. The van der Waals surface area contributed by atoms with E-state index in [4.69, 9.17) is 4.74 Å². The van der Waals surface area contributed by atoms with E-state index >= 15 is 0 Å². The summed E-state index contributed by atoms with van der Waals surface area (Å²) in [4.78, 5) is 0. The zero-order chi connectivity index (χ0) is 9.31. The third kappa shape index (κ3) is 1.52. The summed E-state index contributed by atoms with van der Waals surface area (Å²) in [5.74, 6) is 0. The first kappa shape index (κ1) is 9.19. The van der Waals surface area contributed by atoms with Crippen molar-refractivity contribution in [3.05, 3.63) is 34.3 Å². The average molecular weight is 243 g/mol. The number of aliphatic hydroxyl groups is 1. The Morgan fingerprint density at radius 2 is 2.00 bits per heavy atom. The van der Waals surface area contributed by atoms with E-state index in [0.717, 1.165) is 23.1 Å². The van der Waals surface area contributed by atoms with Crippen molar-refractivity contribution < 1.29 is 9.84 Å². The molecule has 1 saturated heterocycles. The van der Waals surface area contributed by atoms with Gasteiger partial charge < -0.3 is 9.84 Å². The van der Waals surface area contributed by atoms with Gasteiger partial charge in [0.1, 0.15) is 5.60 Å². The Labute approximate surface area is 85.7 Å². The lowest BCUT2D eigenvalue weighted by atomic mass is 9.87. The van der Waals surface area contributed by atoms with Gasteiger partial charge in [0.25, 0.3) is 0 Å². The van der Waals surface area contributed by atoms with Crippen molar-refractivity contribution in [1.82, 2.24) is 0 Å². The predicted octanol–water partition coefficient (Wildman–Crippen LogP) is 2.06. The maximum atomic E-state index is 9.22. The number of hydrogen-bond acceptors (Lipinski definition) is 2. The van der Waals surface area contributed by atoms with Gasteiger partial charge in [0.15, 0.2) is 0 Å². The smallest absolute Gasteiger partial charge is 0.118 e. The highest BCUT2D eigenvalue weighted by atomic mass is 79.9. The molecule has 70 valence electrons. The number of benzene rings is 1. The Balaban J connectivity index is 2.28. The van der Waals surface area contributed by atoms with Crippen LogP contribution in [0.3, 0.4) is 0 Å². The molecule has 0 aliphatic carbocycles. The zero-order valence-electron chi connectivity index (χ0n) is 7.16. The Morgan fingerprint density at radius 3 is 2.38 bits per heavy atom. The molecule has 1 unspecified atom stereocenters. The quantitative estimate of drug-likeness (QED) is 0.861. The fourth-order valence-electron chi connectivity index (χ4n) is 1.55. The summed E-state index contributed by atoms with van der Waals surface area (Å²) in [6, 6.07) is 7.90. The minimum atomic E-state index is -0.416. The Hall–Kier alpha value is -0.380. The number of hydrogen-bond donors (Lipinski definition) is 1. The van der Waals surface area contributed by atoms with Crippen LogP contribution in [0.5, 0.6) is 0 Å². The second-order valence-corrected chi connectivity index (χ2v) is 4.17. The molecule has 3 heteroatoms. The Kier molecular flexibility index (Phi) is 2.41. The van der Waals surface area contributed by atoms with E-state index in [1.54, 1.807) is 0 Å². The zero-order valence-corrected chi connectivity index (χ0v) is 8.75. The van der Waals surface area contributed by atoms with E-state index in [1.807, 2.05) is 24.3 Å². The van der Waals surface area contributed by atoms with Gasteiger partial charge in [-0.3, -0.25) is 0 Å². The van der Waals surface area contributed by atoms with Gasteiger partial charge in [-0.1, -0.05) is 28.1 Å². The van der Waals surface area contributed by atoms with Crippen molar-refractivity contribution in [3.8, 4) is 0 Å². The lowest BCUT2D eigenvalue weighted by Crippen LogP contribution is -2.44. The van der Waals surface area contributed by atoms with Gasteiger partial charge in [0.2, 0.25) is 0 Å². The monoisotopic (exact) mass is 242 g/mol. The highest BCUT2D eigenvalue weighted by Gasteiger charge is 2.39. The largest absolute Gasteiger partial charge is 0.393 e. The Bertz CT molecular complexity index is 285. The molecule has 0 bridgehead atoms. The predicted molar refractivity (Wildman–Crippen MR) is 53.5 cm³/mol. The van der Waals surface area contributed by atoms with E-state index in [2.05, 4.69) is 15.9 Å². The van der Waals surface area contributed by atoms with Crippen molar-refractivity contribution in [2.75, 3.05) is 13.2 Å². The minimum Gasteiger partial charge on any atom is -0.393 e. The fourth-order valence-corrected chi connectivity index (χ4v) is 1.81. The van der Waals surface area contributed by atoms with Gasteiger partial charge in [-0.2, -0.15) is 0 Å². The highest BCUT2D eigenvalue weighted by molar-refractivity contribution is 9.10. The van der Waals surface area contributed by atoms with Crippen LogP contribution in [-0.2, 0) is 10.3 Å². The topological polar surface area (TPSA) is 29.5 Å².